The normalized spacial score (nSPS) is 24.5. The van der Waals surface area contributed by atoms with Crippen LogP contribution in [0.2, 0.25) is 0 Å². The predicted molar refractivity (Wildman–Crippen MR) is 91.3 cm³/mol. The van der Waals surface area contributed by atoms with Crippen LogP contribution in [0.1, 0.15) is 38.5 Å². The number of aliphatic hydroxyl groups is 4. The lowest BCUT2D eigenvalue weighted by atomic mass is 9.77. The first-order valence-electron chi connectivity index (χ1n) is 10.3. The van der Waals surface area contributed by atoms with E-state index in [0.29, 0.717) is 0 Å². The number of hydrogen-bond acceptors (Lipinski definition) is 4. The molecule has 38 heavy (non-hydrogen) atoms. The van der Waals surface area contributed by atoms with Crippen molar-refractivity contribution in [3.05, 3.63) is 0 Å². The number of halogens is 16. The fraction of sp³-hybridized carbons (Fsp3) is 1.00. The van der Waals surface area contributed by atoms with E-state index in [2.05, 4.69) is 0 Å². The quantitative estimate of drug-likeness (QED) is 0.240. The Hall–Kier alpha value is -1.28. The topological polar surface area (TPSA) is 80.9 Å². The van der Waals surface area contributed by atoms with Crippen molar-refractivity contribution in [3.8, 4) is 0 Å². The summed E-state index contributed by atoms with van der Waals surface area (Å²) in [4.78, 5) is 0. The van der Waals surface area contributed by atoms with Gasteiger partial charge in [0.15, 0.2) is 0 Å². The molecule has 0 amide bonds. The molecule has 20 heteroatoms. The Labute approximate surface area is 202 Å². The Morgan fingerprint density at radius 2 is 0.921 bits per heavy atom. The minimum absolute atomic E-state index is 0.472. The fourth-order valence-corrected chi connectivity index (χ4v) is 3.54. The standard InChI is InChI=1S/C18H20F16O4/c19-11(20,5-6-35)13(23,24)15(27,28)17(31,32)18(33,34)16(29,30)14(25,26)12(21,22)7-9(37)10(38)3-1-8(36)2-4-10/h8-9,35-38H,1-7H2. The van der Waals surface area contributed by atoms with Crippen LogP contribution in [0.15, 0.2) is 0 Å². The Balaban J connectivity index is 3.49. The van der Waals surface area contributed by atoms with Crippen LogP contribution in [0, 0.1) is 0 Å². The van der Waals surface area contributed by atoms with E-state index >= 15 is 0 Å². The second kappa shape index (κ2) is 9.97. The molecule has 228 valence electrons. The van der Waals surface area contributed by atoms with Gasteiger partial charge in [-0.25, -0.2) is 0 Å². The Morgan fingerprint density at radius 3 is 1.26 bits per heavy atom. The molecule has 1 rings (SSSR count). The number of hydrogen-bond donors (Lipinski definition) is 4. The maximum atomic E-state index is 14.1. The highest BCUT2D eigenvalue weighted by molar-refractivity contribution is 5.16. The van der Waals surface area contributed by atoms with Gasteiger partial charge in [0.05, 0.1) is 17.8 Å². The highest BCUT2D eigenvalue weighted by atomic mass is 19.4. The molecule has 0 heterocycles. The molecular weight excluding hydrogens is 584 g/mol. The van der Waals surface area contributed by atoms with Crippen molar-refractivity contribution in [2.45, 2.75) is 104 Å². The minimum Gasteiger partial charge on any atom is -0.396 e. The van der Waals surface area contributed by atoms with Crippen LogP contribution in [0.4, 0.5) is 70.2 Å². The van der Waals surface area contributed by atoms with Crippen molar-refractivity contribution in [2.75, 3.05) is 6.61 Å². The summed E-state index contributed by atoms with van der Waals surface area (Å²) in [5, 5.41) is 37.1. The predicted octanol–water partition coefficient (Wildman–Crippen LogP) is 4.87. The molecule has 0 radical (unpaired) electrons. The van der Waals surface area contributed by atoms with Crippen LogP contribution in [0.3, 0.4) is 0 Å². The van der Waals surface area contributed by atoms with Crippen LogP contribution in [0.25, 0.3) is 0 Å². The molecule has 4 nitrogen and oxygen atoms in total. The third-order valence-corrected chi connectivity index (χ3v) is 6.21. The number of aliphatic hydroxyl groups excluding tert-OH is 3. The molecule has 1 atom stereocenters. The van der Waals surface area contributed by atoms with Gasteiger partial charge in [0.1, 0.15) is 0 Å². The van der Waals surface area contributed by atoms with E-state index in [9.17, 15) is 85.6 Å². The van der Waals surface area contributed by atoms with Gasteiger partial charge < -0.3 is 20.4 Å². The lowest BCUT2D eigenvalue weighted by molar-refractivity contribution is -0.454. The van der Waals surface area contributed by atoms with Crippen molar-refractivity contribution in [1.82, 2.24) is 0 Å². The third kappa shape index (κ3) is 5.02. The summed E-state index contributed by atoms with van der Waals surface area (Å²) in [5.41, 5.74) is -2.83. The first kappa shape index (κ1) is 34.7. The second-order valence-electron chi connectivity index (χ2n) is 8.88. The molecule has 0 bridgehead atoms. The first-order chi connectivity index (χ1) is 16.5. The van der Waals surface area contributed by atoms with E-state index in [1.165, 1.54) is 0 Å². The fourth-order valence-electron chi connectivity index (χ4n) is 3.54. The van der Waals surface area contributed by atoms with Crippen LogP contribution in [-0.4, -0.2) is 92.2 Å². The molecule has 0 spiro atoms. The molecule has 0 saturated heterocycles. The molecule has 0 aromatic heterocycles. The van der Waals surface area contributed by atoms with Crippen molar-refractivity contribution in [1.29, 1.82) is 0 Å². The Bertz CT molecular complexity index is 823. The van der Waals surface area contributed by atoms with Gasteiger partial charge in [-0.2, -0.15) is 70.2 Å². The first-order valence-corrected chi connectivity index (χ1v) is 10.3. The molecule has 0 aliphatic heterocycles. The Kier molecular flexibility index (Phi) is 9.12. The number of alkyl halides is 16. The summed E-state index contributed by atoms with van der Waals surface area (Å²) < 4.78 is 220. The molecule has 0 aromatic carbocycles. The maximum absolute atomic E-state index is 14.1. The van der Waals surface area contributed by atoms with Gasteiger partial charge in [0.2, 0.25) is 0 Å². The van der Waals surface area contributed by atoms with Gasteiger partial charge in [0, 0.05) is 19.4 Å². The summed E-state index contributed by atoms with van der Waals surface area (Å²) in [5.74, 6) is -62.7. The van der Waals surface area contributed by atoms with Crippen LogP contribution in [0.5, 0.6) is 0 Å². The van der Waals surface area contributed by atoms with Crippen LogP contribution in [-0.2, 0) is 0 Å². The molecule has 1 aliphatic carbocycles. The molecule has 1 saturated carbocycles. The van der Waals surface area contributed by atoms with Gasteiger partial charge in [0.25, 0.3) is 0 Å². The van der Waals surface area contributed by atoms with Gasteiger partial charge in [-0.3, -0.25) is 0 Å². The summed E-state index contributed by atoms with van der Waals surface area (Å²) in [7, 11) is 0. The van der Waals surface area contributed by atoms with Gasteiger partial charge >= 0.3 is 47.4 Å². The zero-order valence-electron chi connectivity index (χ0n) is 18.4. The molecule has 1 unspecified atom stereocenters. The van der Waals surface area contributed by atoms with E-state index in [1.54, 1.807) is 0 Å². The summed E-state index contributed by atoms with van der Waals surface area (Å²) >= 11 is 0. The van der Waals surface area contributed by atoms with Gasteiger partial charge in [-0.05, 0) is 25.7 Å². The van der Waals surface area contributed by atoms with E-state index in [-0.39, 0.29) is 0 Å². The largest absolute Gasteiger partial charge is 0.396 e. The summed E-state index contributed by atoms with van der Waals surface area (Å²) in [6.07, 6.45) is -12.9. The molecule has 0 aromatic rings. The highest BCUT2D eigenvalue weighted by Gasteiger charge is 2.94. The van der Waals surface area contributed by atoms with Crippen molar-refractivity contribution >= 4 is 0 Å². The van der Waals surface area contributed by atoms with E-state index in [1.807, 2.05) is 0 Å². The maximum Gasteiger partial charge on any atom is 0.384 e. The number of rotatable bonds is 12. The van der Waals surface area contributed by atoms with Crippen LogP contribution < -0.4 is 0 Å². The van der Waals surface area contributed by atoms with Crippen molar-refractivity contribution in [2.24, 2.45) is 0 Å². The van der Waals surface area contributed by atoms with E-state index in [0.717, 1.165) is 0 Å². The lowest BCUT2D eigenvalue weighted by Crippen LogP contribution is -2.75. The monoisotopic (exact) mass is 604 g/mol. The molecule has 1 aliphatic rings. The molecule has 4 N–H and O–H groups in total. The summed E-state index contributed by atoms with van der Waals surface area (Å²) in [6, 6.07) is 0. The van der Waals surface area contributed by atoms with E-state index < -0.39 is 110 Å². The van der Waals surface area contributed by atoms with Gasteiger partial charge in [-0.1, -0.05) is 0 Å². The SMILES string of the molecule is OCCC(F)(F)C(F)(F)C(F)(F)C(F)(F)C(F)(F)C(F)(F)C(F)(F)C(F)(F)CC(O)C1(O)CCC(O)CC1. The van der Waals surface area contributed by atoms with Gasteiger partial charge in [-0.15, -0.1) is 0 Å². The van der Waals surface area contributed by atoms with E-state index in [4.69, 9.17) is 5.11 Å². The van der Waals surface area contributed by atoms with Crippen LogP contribution >= 0.6 is 0 Å². The zero-order valence-corrected chi connectivity index (χ0v) is 18.4. The zero-order chi connectivity index (χ0) is 30.6. The Morgan fingerprint density at radius 1 is 0.605 bits per heavy atom. The second-order valence-corrected chi connectivity index (χ2v) is 8.88. The highest BCUT2D eigenvalue weighted by Crippen LogP contribution is 2.64. The molecule has 1 fully saturated rings. The molecular formula is C18H20F16O4. The third-order valence-electron chi connectivity index (χ3n) is 6.21. The average molecular weight is 604 g/mol. The average Bonchev–Trinajstić information content (AvgIpc) is 2.74. The minimum atomic E-state index is -8.59. The summed E-state index contributed by atoms with van der Waals surface area (Å²) in [6.45, 7) is -2.17. The van der Waals surface area contributed by atoms with Crippen molar-refractivity contribution in [3.63, 3.8) is 0 Å². The lowest BCUT2D eigenvalue weighted by Gasteiger charge is -2.44. The van der Waals surface area contributed by atoms with Crippen molar-refractivity contribution < 1.29 is 90.7 Å². The smallest absolute Gasteiger partial charge is 0.384 e.